The predicted octanol–water partition coefficient (Wildman–Crippen LogP) is 0.631. The standard InChI is InChI=1S/C31H38N2O18/c1-8-44-29(40)31(32-15(3)34,30(41)45-9-2)13-21(39)20-11-10-12-22(24(20)33(42)43)50-28-27(49-19(7)38)26(48-18(6)37)25(47-17(5)36)23(51-28)14-46-16(4)35/h10-12,23,25-28H,8-9,13-14H2,1-7H3,(H,32,34)/t23-,25-,26+,27-,28-/m1/s1. The summed E-state index contributed by atoms with van der Waals surface area (Å²) in [6.45, 7) is 6.53. The van der Waals surface area contributed by atoms with Gasteiger partial charge in [-0.2, -0.15) is 0 Å². The Morgan fingerprint density at radius 1 is 0.784 bits per heavy atom. The molecular formula is C31H38N2O18. The second kappa shape index (κ2) is 18.4. The van der Waals surface area contributed by atoms with Crippen molar-refractivity contribution in [3.05, 3.63) is 33.9 Å². The Labute approximate surface area is 290 Å². The summed E-state index contributed by atoms with van der Waals surface area (Å²) in [7, 11) is 0. The molecule has 1 aromatic rings. The van der Waals surface area contributed by atoms with E-state index >= 15 is 0 Å². The number of ketones is 1. The molecule has 2 rings (SSSR count). The maximum atomic E-state index is 13.8. The number of esters is 6. The second-order valence-corrected chi connectivity index (χ2v) is 10.7. The minimum atomic E-state index is -2.75. The van der Waals surface area contributed by atoms with Gasteiger partial charge in [-0.15, -0.1) is 0 Å². The number of nitrogens with zero attached hydrogens (tertiary/aromatic N) is 1. The summed E-state index contributed by atoms with van der Waals surface area (Å²) >= 11 is 0. The largest absolute Gasteiger partial charge is 0.464 e. The fourth-order valence-corrected chi connectivity index (χ4v) is 4.96. The van der Waals surface area contributed by atoms with E-state index in [4.69, 9.17) is 37.9 Å². The Morgan fingerprint density at radius 3 is 1.78 bits per heavy atom. The van der Waals surface area contributed by atoms with Crippen molar-refractivity contribution in [3.8, 4) is 5.75 Å². The van der Waals surface area contributed by atoms with Gasteiger partial charge in [0.15, 0.2) is 18.0 Å². The number of nitrogens with one attached hydrogen (secondary N) is 1. The van der Waals surface area contributed by atoms with Crippen LogP contribution in [-0.2, 0) is 66.7 Å². The van der Waals surface area contributed by atoms with Crippen LogP contribution in [0.1, 0.15) is 65.2 Å². The molecule has 1 amide bonds. The average Bonchev–Trinajstić information content (AvgIpc) is 3.01. The van der Waals surface area contributed by atoms with Crippen molar-refractivity contribution in [1.29, 1.82) is 0 Å². The molecule has 51 heavy (non-hydrogen) atoms. The molecule has 1 aliphatic rings. The molecule has 1 aliphatic heterocycles. The Bertz CT molecular complexity index is 1520. The third-order valence-electron chi connectivity index (χ3n) is 6.74. The van der Waals surface area contributed by atoms with Gasteiger partial charge in [0, 0.05) is 34.6 Å². The summed E-state index contributed by atoms with van der Waals surface area (Å²) in [5.74, 6) is -9.28. The van der Waals surface area contributed by atoms with Gasteiger partial charge < -0.3 is 43.2 Å². The molecule has 1 heterocycles. The minimum Gasteiger partial charge on any atom is -0.464 e. The number of benzene rings is 1. The smallest absolute Gasteiger partial charge is 0.344 e. The first kappa shape index (κ1) is 41.5. The van der Waals surface area contributed by atoms with Crippen molar-refractivity contribution in [2.75, 3.05) is 19.8 Å². The van der Waals surface area contributed by atoms with Gasteiger partial charge in [-0.05, 0) is 26.0 Å². The molecular weight excluding hydrogens is 688 g/mol. The number of nitro benzene ring substituents is 1. The number of carbonyl (C=O) groups is 8. The lowest BCUT2D eigenvalue weighted by molar-refractivity contribution is -0.387. The van der Waals surface area contributed by atoms with Crippen molar-refractivity contribution in [2.45, 2.75) is 91.1 Å². The third kappa shape index (κ3) is 10.9. The number of nitro groups is 1. The minimum absolute atomic E-state index is 0.284. The van der Waals surface area contributed by atoms with Crippen LogP contribution in [0.5, 0.6) is 5.75 Å². The first-order valence-corrected chi connectivity index (χ1v) is 15.3. The van der Waals surface area contributed by atoms with Crippen LogP contribution in [0.2, 0.25) is 0 Å². The summed E-state index contributed by atoms with van der Waals surface area (Å²) in [6, 6.07) is 3.10. The van der Waals surface area contributed by atoms with Crippen LogP contribution in [0.3, 0.4) is 0 Å². The molecule has 20 heteroatoms. The summed E-state index contributed by atoms with van der Waals surface area (Å²) < 4.78 is 42.5. The topological polar surface area (TPSA) is 266 Å². The highest BCUT2D eigenvalue weighted by Crippen LogP contribution is 2.37. The molecule has 0 radical (unpaired) electrons. The van der Waals surface area contributed by atoms with Gasteiger partial charge in [-0.1, -0.05) is 6.07 Å². The molecule has 0 saturated carbocycles. The Kier molecular flexibility index (Phi) is 14.9. The quantitative estimate of drug-likeness (QED) is 0.0611. The molecule has 280 valence electrons. The highest BCUT2D eigenvalue weighted by Gasteiger charge is 2.55. The number of para-hydroxylation sites is 1. The lowest BCUT2D eigenvalue weighted by Crippen LogP contribution is -2.63. The highest BCUT2D eigenvalue weighted by molar-refractivity contribution is 6.14. The maximum Gasteiger partial charge on any atom is 0.344 e. The molecule has 20 nitrogen and oxygen atoms in total. The number of amides is 1. The van der Waals surface area contributed by atoms with Crippen LogP contribution >= 0.6 is 0 Å². The van der Waals surface area contributed by atoms with E-state index in [0.29, 0.717) is 0 Å². The van der Waals surface area contributed by atoms with E-state index in [9.17, 15) is 48.5 Å². The van der Waals surface area contributed by atoms with Crippen molar-refractivity contribution < 1.29 is 81.2 Å². The molecule has 0 aromatic heterocycles. The van der Waals surface area contributed by atoms with Gasteiger partial charge >= 0.3 is 41.5 Å². The zero-order valence-corrected chi connectivity index (χ0v) is 28.7. The Hall–Kier alpha value is -5.66. The molecule has 1 aromatic carbocycles. The van der Waals surface area contributed by atoms with Crippen LogP contribution in [0.4, 0.5) is 5.69 Å². The van der Waals surface area contributed by atoms with Crippen molar-refractivity contribution in [1.82, 2.24) is 5.32 Å². The number of hydrogen-bond acceptors (Lipinski definition) is 18. The lowest BCUT2D eigenvalue weighted by atomic mass is 9.89. The van der Waals surface area contributed by atoms with Gasteiger partial charge in [0.2, 0.25) is 29.6 Å². The SMILES string of the molecule is CCOC(=O)C(CC(=O)c1cccc(O[C@@H]2O[C@H](COC(C)=O)[C@@H](OC(C)=O)[C@H](OC(C)=O)[C@H]2OC(C)=O)c1[N+](=O)[O-])(NC(C)=O)C(=O)OCC. The third-order valence-corrected chi connectivity index (χ3v) is 6.74. The number of Topliss-reactive ketones (excluding diaryl/α,β-unsaturated/α-hetero) is 1. The van der Waals surface area contributed by atoms with Gasteiger partial charge in [0.1, 0.15) is 12.7 Å². The molecule has 1 saturated heterocycles. The molecule has 1 fully saturated rings. The Morgan fingerprint density at radius 2 is 1.31 bits per heavy atom. The van der Waals surface area contributed by atoms with Crippen molar-refractivity contribution >= 4 is 53.2 Å². The zero-order valence-electron chi connectivity index (χ0n) is 28.7. The van der Waals surface area contributed by atoms with Gasteiger partial charge in [0.05, 0.1) is 30.1 Å². The number of ether oxygens (including phenoxy) is 8. The fourth-order valence-electron chi connectivity index (χ4n) is 4.96. The summed E-state index contributed by atoms with van der Waals surface area (Å²) in [4.78, 5) is 112. The number of rotatable bonds is 16. The highest BCUT2D eigenvalue weighted by atomic mass is 16.7. The predicted molar refractivity (Wildman–Crippen MR) is 164 cm³/mol. The van der Waals surface area contributed by atoms with Crippen molar-refractivity contribution in [3.63, 3.8) is 0 Å². The lowest BCUT2D eigenvalue weighted by Gasteiger charge is -2.43. The van der Waals surface area contributed by atoms with Crippen LogP contribution in [0.15, 0.2) is 18.2 Å². The fraction of sp³-hybridized carbons (Fsp3) is 0.548. The van der Waals surface area contributed by atoms with Crippen LogP contribution in [-0.4, -0.2) is 108 Å². The molecule has 0 aliphatic carbocycles. The molecule has 0 spiro atoms. The second-order valence-electron chi connectivity index (χ2n) is 10.7. The first-order valence-electron chi connectivity index (χ1n) is 15.3. The summed E-state index contributed by atoms with van der Waals surface area (Å²) in [5, 5.41) is 14.6. The Balaban J connectivity index is 2.74. The molecule has 1 N–H and O–H groups in total. The normalized spacial score (nSPS) is 19.7. The van der Waals surface area contributed by atoms with Crippen LogP contribution < -0.4 is 10.1 Å². The van der Waals surface area contributed by atoms with E-state index in [2.05, 4.69) is 5.32 Å². The molecule has 0 bridgehead atoms. The van der Waals surface area contributed by atoms with Crippen LogP contribution in [0.25, 0.3) is 0 Å². The van der Waals surface area contributed by atoms with E-state index in [1.54, 1.807) is 0 Å². The summed E-state index contributed by atoms with van der Waals surface area (Å²) in [5.41, 5.74) is -4.52. The molecule has 0 unspecified atom stereocenters. The number of carbonyl (C=O) groups excluding carboxylic acids is 8. The van der Waals surface area contributed by atoms with E-state index in [0.717, 1.165) is 52.8 Å². The van der Waals surface area contributed by atoms with E-state index in [1.807, 2.05) is 0 Å². The van der Waals surface area contributed by atoms with Crippen LogP contribution in [0, 0.1) is 10.1 Å². The van der Waals surface area contributed by atoms with E-state index in [1.165, 1.54) is 13.8 Å². The van der Waals surface area contributed by atoms with E-state index in [-0.39, 0.29) is 13.2 Å². The summed E-state index contributed by atoms with van der Waals surface area (Å²) in [6.07, 6.45) is -9.64. The first-order chi connectivity index (χ1) is 23.9. The van der Waals surface area contributed by atoms with Gasteiger partial charge in [-0.25, -0.2) is 9.59 Å². The monoisotopic (exact) mass is 726 g/mol. The van der Waals surface area contributed by atoms with Crippen molar-refractivity contribution in [2.24, 2.45) is 0 Å². The molecule has 5 atom stereocenters. The number of hydrogen-bond donors (Lipinski definition) is 1. The van der Waals surface area contributed by atoms with E-state index < -0.39 is 119 Å². The zero-order chi connectivity index (χ0) is 38.6. The van der Waals surface area contributed by atoms with Gasteiger partial charge in [-0.3, -0.25) is 38.9 Å². The average molecular weight is 727 g/mol. The maximum absolute atomic E-state index is 13.8. The van der Waals surface area contributed by atoms with Gasteiger partial charge in [0.25, 0.3) is 0 Å².